The number of amides is 1. The van der Waals surface area contributed by atoms with Crippen LogP contribution < -0.4 is 15.7 Å². The molecule has 1 unspecified atom stereocenters. The summed E-state index contributed by atoms with van der Waals surface area (Å²) in [6.07, 6.45) is 0. The van der Waals surface area contributed by atoms with Crippen molar-refractivity contribution in [2.45, 2.75) is 17.9 Å². The van der Waals surface area contributed by atoms with Crippen LogP contribution >= 0.6 is 0 Å². The SMILES string of the molecule is CC(NS(=O)(=O)c1cccc(C(=O)Nc2ccc3[nH]c(=O)[nH]c3c2)c1)c1ccccc1. The zero-order valence-corrected chi connectivity index (χ0v) is 17.4. The number of benzene rings is 3. The molecule has 0 bridgehead atoms. The van der Waals surface area contributed by atoms with Crippen LogP contribution in [0.4, 0.5) is 5.69 Å². The second-order valence-corrected chi connectivity index (χ2v) is 8.79. The fourth-order valence-corrected chi connectivity index (χ4v) is 4.51. The lowest BCUT2D eigenvalue weighted by Crippen LogP contribution is -2.27. The maximum absolute atomic E-state index is 12.8. The Balaban J connectivity index is 1.53. The summed E-state index contributed by atoms with van der Waals surface area (Å²) in [6.45, 7) is 1.75. The van der Waals surface area contributed by atoms with Gasteiger partial charge in [-0.2, -0.15) is 0 Å². The van der Waals surface area contributed by atoms with Crippen molar-refractivity contribution in [1.29, 1.82) is 0 Å². The van der Waals surface area contributed by atoms with Gasteiger partial charge in [-0.1, -0.05) is 36.4 Å². The van der Waals surface area contributed by atoms with Gasteiger partial charge in [-0.25, -0.2) is 17.9 Å². The number of imidazole rings is 1. The van der Waals surface area contributed by atoms with Crippen molar-refractivity contribution in [2.24, 2.45) is 0 Å². The van der Waals surface area contributed by atoms with Crippen molar-refractivity contribution >= 4 is 32.7 Å². The van der Waals surface area contributed by atoms with Gasteiger partial charge >= 0.3 is 5.69 Å². The Bertz CT molecular complexity index is 1410. The molecule has 4 rings (SSSR count). The fourth-order valence-electron chi connectivity index (χ4n) is 3.23. The molecule has 0 fully saturated rings. The van der Waals surface area contributed by atoms with Crippen LogP contribution in [0.5, 0.6) is 0 Å². The molecule has 1 aromatic heterocycles. The third-order valence-electron chi connectivity index (χ3n) is 4.81. The van der Waals surface area contributed by atoms with Gasteiger partial charge in [-0.15, -0.1) is 0 Å². The van der Waals surface area contributed by atoms with E-state index in [9.17, 15) is 18.0 Å². The minimum atomic E-state index is -3.84. The largest absolute Gasteiger partial charge is 0.323 e. The van der Waals surface area contributed by atoms with E-state index in [0.717, 1.165) is 5.56 Å². The van der Waals surface area contributed by atoms with Gasteiger partial charge in [0, 0.05) is 17.3 Å². The normalized spacial score (nSPS) is 12.5. The number of hydrogen-bond donors (Lipinski definition) is 4. The van der Waals surface area contributed by atoms with Gasteiger partial charge in [0.05, 0.1) is 15.9 Å². The molecule has 1 atom stereocenters. The number of carbonyl (C=O) groups is 1. The van der Waals surface area contributed by atoms with Crippen molar-refractivity contribution in [2.75, 3.05) is 5.32 Å². The summed E-state index contributed by atoms with van der Waals surface area (Å²) in [7, 11) is -3.84. The first kappa shape index (κ1) is 20.6. The summed E-state index contributed by atoms with van der Waals surface area (Å²) in [4.78, 5) is 29.3. The zero-order valence-electron chi connectivity index (χ0n) is 16.5. The van der Waals surface area contributed by atoms with Crippen molar-refractivity contribution in [3.05, 3.63) is 94.4 Å². The van der Waals surface area contributed by atoms with E-state index in [-0.39, 0.29) is 16.1 Å². The first-order chi connectivity index (χ1) is 14.8. The van der Waals surface area contributed by atoms with Gasteiger partial charge in [0.25, 0.3) is 5.91 Å². The lowest BCUT2D eigenvalue weighted by molar-refractivity contribution is 0.102. The molecule has 9 heteroatoms. The molecule has 4 aromatic rings. The summed E-state index contributed by atoms with van der Waals surface area (Å²) in [5.41, 5.74) is 2.33. The summed E-state index contributed by atoms with van der Waals surface area (Å²) in [5, 5.41) is 2.71. The minimum absolute atomic E-state index is 0.00616. The molecule has 8 nitrogen and oxygen atoms in total. The van der Waals surface area contributed by atoms with Crippen molar-refractivity contribution in [3.63, 3.8) is 0 Å². The second kappa shape index (κ2) is 8.21. The minimum Gasteiger partial charge on any atom is -0.322 e. The number of aromatic amines is 2. The average molecular weight is 436 g/mol. The predicted octanol–water partition coefficient (Wildman–Crippen LogP) is 3.15. The molecule has 1 amide bonds. The van der Waals surface area contributed by atoms with Crippen LogP contribution in [0.1, 0.15) is 28.9 Å². The Morgan fingerprint density at radius 1 is 0.903 bits per heavy atom. The van der Waals surface area contributed by atoms with Crippen LogP contribution in [0.25, 0.3) is 11.0 Å². The highest BCUT2D eigenvalue weighted by Gasteiger charge is 2.20. The first-order valence-corrected chi connectivity index (χ1v) is 11.0. The molecule has 158 valence electrons. The average Bonchev–Trinajstić information content (AvgIpc) is 3.13. The number of rotatable bonds is 6. The van der Waals surface area contributed by atoms with Crippen molar-refractivity contribution < 1.29 is 13.2 Å². The van der Waals surface area contributed by atoms with Gasteiger partial charge in [0.1, 0.15) is 0 Å². The standard InChI is InChI=1S/C22H20N4O4S/c1-14(15-6-3-2-4-7-15)26-31(29,30)18-9-5-8-16(12-18)21(27)23-17-10-11-19-20(13-17)25-22(28)24-19/h2-14,26H,1H3,(H,23,27)(H2,24,25,28). The Kier molecular flexibility index (Phi) is 5.45. The van der Waals surface area contributed by atoms with Crippen molar-refractivity contribution in [3.8, 4) is 0 Å². The van der Waals surface area contributed by atoms with Gasteiger partial charge < -0.3 is 15.3 Å². The highest BCUT2D eigenvalue weighted by atomic mass is 32.2. The van der Waals surface area contributed by atoms with Gasteiger partial charge in [-0.3, -0.25) is 4.79 Å². The van der Waals surface area contributed by atoms with E-state index < -0.39 is 22.0 Å². The lowest BCUT2D eigenvalue weighted by Gasteiger charge is -2.15. The smallest absolute Gasteiger partial charge is 0.322 e. The topological polar surface area (TPSA) is 124 Å². The second-order valence-electron chi connectivity index (χ2n) is 7.08. The van der Waals surface area contributed by atoms with E-state index in [1.165, 1.54) is 24.3 Å². The van der Waals surface area contributed by atoms with Gasteiger partial charge in [0.15, 0.2) is 0 Å². The van der Waals surface area contributed by atoms with Crippen LogP contribution in [0.3, 0.4) is 0 Å². The Morgan fingerprint density at radius 3 is 2.42 bits per heavy atom. The van der Waals surface area contributed by atoms with Crippen LogP contribution in [-0.2, 0) is 10.0 Å². The molecule has 0 saturated carbocycles. The quantitative estimate of drug-likeness (QED) is 0.371. The summed E-state index contributed by atoms with van der Waals surface area (Å²) in [6, 6.07) is 19.5. The number of hydrogen-bond acceptors (Lipinski definition) is 4. The van der Waals surface area contributed by atoms with E-state index >= 15 is 0 Å². The fraction of sp³-hybridized carbons (Fsp3) is 0.0909. The van der Waals surface area contributed by atoms with E-state index in [2.05, 4.69) is 20.0 Å². The molecule has 3 aromatic carbocycles. The Labute approximate surface area is 178 Å². The first-order valence-electron chi connectivity index (χ1n) is 9.52. The van der Waals surface area contributed by atoms with Crippen LogP contribution in [0.2, 0.25) is 0 Å². The van der Waals surface area contributed by atoms with Gasteiger partial charge in [0.2, 0.25) is 10.0 Å². The third-order valence-corrected chi connectivity index (χ3v) is 6.35. The van der Waals surface area contributed by atoms with Crippen LogP contribution in [0.15, 0.2) is 82.5 Å². The zero-order chi connectivity index (χ0) is 22.0. The molecular formula is C22H20N4O4S. The molecule has 1 heterocycles. The number of anilines is 1. The highest BCUT2D eigenvalue weighted by molar-refractivity contribution is 7.89. The molecular weight excluding hydrogens is 416 g/mol. The Hall–Kier alpha value is -3.69. The summed E-state index contributed by atoms with van der Waals surface area (Å²) >= 11 is 0. The molecule has 0 saturated heterocycles. The number of fused-ring (bicyclic) bond motifs is 1. The van der Waals surface area contributed by atoms with Crippen molar-refractivity contribution in [1.82, 2.24) is 14.7 Å². The Morgan fingerprint density at radius 2 is 1.65 bits per heavy atom. The number of H-pyrrole nitrogens is 2. The summed E-state index contributed by atoms with van der Waals surface area (Å²) in [5.74, 6) is -0.467. The summed E-state index contributed by atoms with van der Waals surface area (Å²) < 4.78 is 28.3. The van der Waals surface area contributed by atoms with E-state index in [0.29, 0.717) is 16.7 Å². The third kappa shape index (κ3) is 4.57. The van der Waals surface area contributed by atoms with Gasteiger partial charge in [-0.05, 0) is 48.9 Å². The molecule has 4 N–H and O–H groups in total. The lowest BCUT2D eigenvalue weighted by atomic mass is 10.1. The monoisotopic (exact) mass is 436 g/mol. The van der Waals surface area contributed by atoms with E-state index in [1.54, 1.807) is 25.1 Å². The molecule has 0 aliphatic carbocycles. The van der Waals surface area contributed by atoms with E-state index in [1.807, 2.05) is 30.3 Å². The molecule has 0 radical (unpaired) electrons. The van der Waals surface area contributed by atoms with E-state index in [4.69, 9.17) is 0 Å². The maximum Gasteiger partial charge on any atom is 0.323 e. The number of carbonyl (C=O) groups excluding carboxylic acids is 1. The molecule has 0 spiro atoms. The molecule has 31 heavy (non-hydrogen) atoms. The maximum atomic E-state index is 12.8. The number of aromatic nitrogens is 2. The van der Waals surface area contributed by atoms with Crippen LogP contribution in [-0.4, -0.2) is 24.3 Å². The predicted molar refractivity (Wildman–Crippen MR) is 118 cm³/mol. The number of nitrogens with one attached hydrogen (secondary N) is 4. The highest BCUT2D eigenvalue weighted by Crippen LogP contribution is 2.19. The molecule has 0 aliphatic heterocycles. The van der Waals surface area contributed by atoms with Crippen LogP contribution in [0, 0.1) is 0 Å². The number of sulfonamides is 1. The molecule has 0 aliphatic rings.